The second-order valence-electron chi connectivity index (χ2n) is 8.20. The molecule has 1 aliphatic heterocycles. The largest absolute Gasteiger partial charge is 0.393 e. The lowest BCUT2D eigenvalue weighted by Gasteiger charge is -2.42. The van der Waals surface area contributed by atoms with Crippen LogP contribution in [0, 0.1) is 5.41 Å². The SMILES string of the molecule is C=Nc1c(N=C(C)N2CCC3(CC2)C[C@H](O)C[C@H]3N)n[nH]c1-c1ccnc(N)c1Cl. The van der Waals surface area contributed by atoms with Crippen molar-refractivity contribution in [1.82, 2.24) is 20.1 Å². The van der Waals surface area contributed by atoms with Gasteiger partial charge in [-0.1, -0.05) is 11.6 Å². The molecule has 0 aromatic carbocycles. The summed E-state index contributed by atoms with van der Waals surface area (Å²) in [7, 11) is 0. The molecule has 1 spiro atoms. The van der Waals surface area contributed by atoms with E-state index in [9.17, 15) is 5.11 Å². The molecule has 0 amide bonds. The van der Waals surface area contributed by atoms with Gasteiger partial charge in [-0.15, -0.1) is 0 Å². The number of likely N-dealkylation sites (tertiary alicyclic amines) is 1. The van der Waals surface area contributed by atoms with Crippen LogP contribution in [0.5, 0.6) is 0 Å². The Kier molecular flexibility index (Phi) is 5.52. The van der Waals surface area contributed by atoms with Crippen molar-refractivity contribution in [2.75, 3.05) is 18.8 Å². The Balaban J connectivity index is 1.55. The number of H-pyrrole nitrogens is 1. The first-order valence-corrected chi connectivity index (χ1v) is 10.4. The lowest BCUT2D eigenvalue weighted by Crippen LogP contribution is -2.48. The highest BCUT2D eigenvalue weighted by Crippen LogP contribution is 2.46. The Bertz CT molecular complexity index is 979. The van der Waals surface area contributed by atoms with Crippen molar-refractivity contribution in [1.29, 1.82) is 0 Å². The summed E-state index contributed by atoms with van der Waals surface area (Å²) in [5.41, 5.74) is 13.9. The van der Waals surface area contributed by atoms with E-state index in [2.05, 4.69) is 31.8 Å². The molecule has 3 heterocycles. The molecule has 1 saturated carbocycles. The highest BCUT2D eigenvalue weighted by molar-refractivity contribution is 6.35. The van der Waals surface area contributed by atoms with E-state index in [0.717, 1.165) is 38.2 Å². The minimum atomic E-state index is -0.279. The minimum Gasteiger partial charge on any atom is -0.393 e. The number of hydrogen-bond acceptors (Lipinski definition) is 7. The van der Waals surface area contributed by atoms with Crippen molar-refractivity contribution < 1.29 is 5.11 Å². The number of nitrogen functional groups attached to an aromatic ring is 1. The van der Waals surface area contributed by atoms with Crippen LogP contribution < -0.4 is 11.5 Å². The Labute approximate surface area is 180 Å². The van der Waals surface area contributed by atoms with Crippen molar-refractivity contribution in [3.05, 3.63) is 17.3 Å². The molecule has 2 fully saturated rings. The van der Waals surface area contributed by atoms with Gasteiger partial charge in [0.15, 0.2) is 0 Å². The molecular weight excluding hydrogens is 404 g/mol. The van der Waals surface area contributed by atoms with Crippen LogP contribution in [0.2, 0.25) is 5.02 Å². The van der Waals surface area contributed by atoms with Crippen molar-refractivity contribution in [3.63, 3.8) is 0 Å². The third-order valence-corrected chi connectivity index (χ3v) is 6.90. The van der Waals surface area contributed by atoms with E-state index in [4.69, 9.17) is 28.1 Å². The summed E-state index contributed by atoms with van der Waals surface area (Å²) in [5.74, 6) is 1.52. The first-order valence-electron chi connectivity index (χ1n) is 10.0. The Morgan fingerprint density at radius 3 is 2.80 bits per heavy atom. The molecule has 4 rings (SSSR count). The van der Waals surface area contributed by atoms with E-state index in [1.165, 1.54) is 0 Å². The molecule has 10 heteroatoms. The number of aromatic amines is 1. The summed E-state index contributed by atoms with van der Waals surface area (Å²) >= 11 is 6.31. The molecule has 2 aliphatic rings. The first kappa shape index (κ1) is 20.8. The third kappa shape index (κ3) is 3.57. The van der Waals surface area contributed by atoms with Gasteiger partial charge >= 0.3 is 0 Å². The molecular formula is C20H27ClN8O. The fraction of sp³-hybridized carbons (Fsp3) is 0.500. The summed E-state index contributed by atoms with van der Waals surface area (Å²) in [6, 6.07) is 1.81. The summed E-state index contributed by atoms with van der Waals surface area (Å²) in [4.78, 5) is 15.0. The second kappa shape index (κ2) is 7.98. The second-order valence-corrected chi connectivity index (χ2v) is 8.57. The van der Waals surface area contributed by atoms with Crippen molar-refractivity contribution in [3.8, 4) is 11.3 Å². The van der Waals surface area contributed by atoms with Gasteiger partial charge in [-0.3, -0.25) is 10.1 Å². The van der Waals surface area contributed by atoms with Crippen LogP contribution in [0.25, 0.3) is 11.3 Å². The number of rotatable bonds is 3. The van der Waals surface area contributed by atoms with Crippen molar-refractivity contribution >= 4 is 41.5 Å². The summed E-state index contributed by atoms with van der Waals surface area (Å²) in [6.07, 6.45) is 4.68. The molecule has 2 aromatic heterocycles. The number of aliphatic hydroxyl groups is 1. The van der Waals surface area contributed by atoms with Crippen LogP contribution in [-0.4, -0.2) is 63.0 Å². The van der Waals surface area contributed by atoms with Crippen LogP contribution >= 0.6 is 11.6 Å². The average molecular weight is 431 g/mol. The minimum absolute atomic E-state index is 0.0432. The van der Waals surface area contributed by atoms with Crippen LogP contribution in [-0.2, 0) is 0 Å². The molecule has 9 nitrogen and oxygen atoms in total. The highest BCUT2D eigenvalue weighted by Gasteiger charge is 2.46. The van der Waals surface area contributed by atoms with Gasteiger partial charge in [-0.05, 0) is 50.8 Å². The summed E-state index contributed by atoms with van der Waals surface area (Å²) < 4.78 is 0. The lowest BCUT2D eigenvalue weighted by molar-refractivity contribution is 0.109. The average Bonchev–Trinajstić information content (AvgIpc) is 3.24. The molecule has 160 valence electrons. The maximum absolute atomic E-state index is 10.0. The van der Waals surface area contributed by atoms with E-state index >= 15 is 0 Å². The molecule has 2 atom stereocenters. The van der Waals surface area contributed by atoms with Crippen LogP contribution in [0.3, 0.4) is 0 Å². The van der Waals surface area contributed by atoms with Gasteiger partial charge in [0.2, 0.25) is 5.82 Å². The van der Waals surface area contributed by atoms with Gasteiger partial charge in [-0.2, -0.15) is 5.10 Å². The van der Waals surface area contributed by atoms with Gasteiger partial charge in [0, 0.05) is 30.9 Å². The van der Waals surface area contributed by atoms with Gasteiger partial charge in [0.05, 0.1) is 16.8 Å². The zero-order valence-electron chi connectivity index (χ0n) is 17.0. The fourth-order valence-corrected chi connectivity index (χ4v) is 4.92. The number of nitrogens with two attached hydrogens (primary N) is 2. The number of hydrogen-bond donors (Lipinski definition) is 4. The molecule has 6 N–H and O–H groups in total. The number of piperidine rings is 1. The monoisotopic (exact) mass is 430 g/mol. The van der Waals surface area contributed by atoms with E-state index in [-0.39, 0.29) is 23.4 Å². The molecule has 0 radical (unpaired) electrons. The Morgan fingerprint density at radius 2 is 2.17 bits per heavy atom. The van der Waals surface area contributed by atoms with Crippen molar-refractivity contribution in [2.24, 2.45) is 21.1 Å². The lowest BCUT2D eigenvalue weighted by atomic mass is 9.74. The molecule has 1 aliphatic carbocycles. The maximum atomic E-state index is 10.0. The van der Waals surface area contributed by atoms with Gasteiger partial charge in [0.1, 0.15) is 17.3 Å². The molecule has 0 unspecified atom stereocenters. The Morgan fingerprint density at radius 1 is 1.43 bits per heavy atom. The van der Waals surface area contributed by atoms with Crippen LogP contribution in [0.1, 0.15) is 32.6 Å². The number of anilines is 1. The molecule has 30 heavy (non-hydrogen) atoms. The van der Waals surface area contributed by atoms with E-state index < -0.39 is 0 Å². The highest BCUT2D eigenvalue weighted by atomic mass is 35.5. The van der Waals surface area contributed by atoms with Gasteiger partial charge < -0.3 is 21.5 Å². The fourth-order valence-electron chi connectivity index (χ4n) is 4.72. The number of nitrogens with one attached hydrogen (secondary N) is 1. The molecule has 1 saturated heterocycles. The number of aliphatic hydroxyl groups excluding tert-OH is 1. The summed E-state index contributed by atoms with van der Waals surface area (Å²) in [6.45, 7) is 7.31. The number of nitrogens with zero attached hydrogens (tertiary/aromatic N) is 5. The number of aromatic nitrogens is 3. The number of amidine groups is 1. The van der Waals surface area contributed by atoms with Crippen LogP contribution in [0.15, 0.2) is 22.2 Å². The number of aliphatic imine (C=N–C) groups is 2. The topological polar surface area (TPSA) is 142 Å². The quantitative estimate of drug-likeness (QED) is 0.435. The third-order valence-electron chi connectivity index (χ3n) is 6.51. The van der Waals surface area contributed by atoms with E-state index in [0.29, 0.717) is 34.2 Å². The van der Waals surface area contributed by atoms with Gasteiger partial charge in [0.25, 0.3) is 0 Å². The first-order chi connectivity index (χ1) is 14.3. The van der Waals surface area contributed by atoms with E-state index in [1.54, 1.807) is 12.3 Å². The molecule has 0 bridgehead atoms. The maximum Gasteiger partial charge on any atom is 0.201 e. The number of halogens is 1. The van der Waals surface area contributed by atoms with Gasteiger partial charge in [-0.25, -0.2) is 9.98 Å². The van der Waals surface area contributed by atoms with Crippen LogP contribution in [0.4, 0.5) is 17.3 Å². The van der Waals surface area contributed by atoms with Crippen molar-refractivity contribution in [2.45, 2.75) is 44.8 Å². The normalized spacial score (nSPS) is 23.9. The predicted molar refractivity (Wildman–Crippen MR) is 120 cm³/mol. The Hall–Kier alpha value is -2.49. The zero-order chi connectivity index (χ0) is 21.5. The van der Waals surface area contributed by atoms with E-state index in [1.807, 2.05) is 6.92 Å². The summed E-state index contributed by atoms with van der Waals surface area (Å²) in [5, 5.41) is 17.6. The molecule has 2 aromatic rings. The number of pyridine rings is 1. The zero-order valence-corrected chi connectivity index (χ0v) is 17.7. The smallest absolute Gasteiger partial charge is 0.201 e. The standard InChI is InChI=1S/C20H27ClN8O/c1-11(29-7-4-20(5-8-29)10-12(30)9-14(20)22)26-19-17(24-2)16(27-28-19)13-3-6-25-18(23)15(13)21/h3,6,12,14,30H,2,4-5,7-10,22H2,1H3,(H2,23,25)(H,27,28)/t12-,14-/m1/s1. The predicted octanol–water partition coefficient (Wildman–Crippen LogP) is 2.65.